The van der Waals surface area contributed by atoms with Crippen LogP contribution < -0.4 is 5.32 Å². The fraction of sp³-hybridized carbons (Fsp3) is 0.684. The first-order chi connectivity index (χ1) is 11.4. The lowest BCUT2D eigenvalue weighted by atomic mass is 9.92. The molecule has 1 saturated carbocycles. The van der Waals surface area contributed by atoms with E-state index in [0.717, 1.165) is 32.2 Å². The maximum atomic E-state index is 12.4. The van der Waals surface area contributed by atoms with Gasteiger partial charge in [0.25, 0.3) is 0 Å². The summed E-state index contributed by atoms with van der Waals surface area (Å²) < 4.78 is 5.55. The van der Waals surface area contributed by atoms with E-state index in [-0.39, 0.29) is 6.09 Å². The van der Waals surface area contributed by atoms with Crippen LogP contribution in [0.5, 0.6) is 0 Å². The van der Waals surface area contributed by atoms with Crippen molar-refractivity contribution in [2.75, 3.05) is 13.1 Å². The molecule has 0 bridgehead atoms. The number of pyridine rings is 1. The number of carbonyl (C=O) groups is 1. The van der Waals surface area contributed by atoms with Gasteiger partial charge in [-0.1, -0.05) is 6.07 Å². The van der Waals surface area contributed by atoms with Crippen LogP contribution in [-0.4, -0.2) is 40.7 Å². The molecule has 3 rings (SSSR count). The smallest absolute Gasteiger partial charge is 0.410 e. The molecule has 1 unspecified atom stereocenters. The molecular weight excluding hydrogens is 302 g/mol. The Morgan fingerprint density at radius 2 is 2.17 bits per heavy atom. The predicted octanol–water partition coefficient (Wildman–Crippen LogP) is 3.45. The average Bonchev–Trinajstić information content (AvgIpc) is 3.34. The molecule has 0 aromatic carbocycles. The van der Waals surface area contributed by atoms with Gasteiger partial charge in [0.2, 0.25) is 0 Å². The summed E-state index contributed by atoms with van der Waals surface area (Å²) >= 11 is 0. The molecule has 1 atom stereocenters. The van der Waals surface area contributed by atoms with Crippen LogP contribution in [0.3, 0.4) is 0 Å². The quantitative estimate of drug-likeness (QED) is 0.898. The summed E-state index contributed by atoms with van der Waals surface area (Å²) in [6.07, 6.45) is 7.28. The molecule has 1 aromatic rings. The van der Waals surface area contributed by atoms with Crippen LogP contribution in [0.2, 0.25) is 0 Å². The predicted molar refractivity (Wildman–Crippen MR) is 93.9 cm³/mol. The molecule has 1 fully saturated rings. The van der Waals surface area contributed by atoms with Crippen LogP contribution in [0, 0.1) is 0 Å². The zero-order valence-corrected chi connectivity index (χ0v) is 15.0. The molecule has 2 aliphatic carbocycles. The maximum Gasteiger partial charge on any atom is 0.410 e. The van der Waals surface area contributed by atoms with Gasteiger partial charge < -0.3 is 15.0 Å². The summed E-state index contributed by atoms with van der Waals surface area (Å²) in [5.74, 6) is 0. The summed E-state index contributed by atoms with van der Waals surface area (Å²) in [6.45, 7) is 7.21. The number of fused-ring (bicyclic) bond motifs is 1. The highest BCUT2D eigenvalue weighted by molar-refractivity contribution is 5.69. The molecule has 0 saturated heterocycles. The van der Waals surface area contributed by atoms with Crippen LogP contribution in [-0.2, 0) is 11.2 Å². The molecule has 1 amide bonds. The number of amides is 1. The van der Waals surface area contributed by atoms with Crippen molar-refractivity contribution in [2.24, 2.45) is 0 Å². The van der Waals surface area contributed by atoms with Gasteiger partial charge in [-0.05, 0) is 64.5 Å². The van der Waals surface area contributed by atoms with E-state index < -0.39 is 5.60 Å². The van der Waals surface area contributed by atoms with Crippen molar-refractivity contribution in [1.29, 1.82) is 0 Å². The second-order valence-corrected chi connectivity index (χ2v) is 7.85. The molecule has 2 aliphatic rings. The molecule has 132 valence electrons. The van der Waals surface area contributed by atoms with Gasteiger partial charge >= 0.3 is 6.09 Å². The molecular formula is C19H29N3O2. The Kier molecular flexibility index (Phi) is 5.09. The third-order valence-electron chi connectivity index (χ3n) is 4.55. The van der Waals surface area contributed by atoms with Crippen LogP contribution in [0.25, 0.3) is 0 Å². The number of hydrogen-bond acceptors (Lipinski definition) is 4. The Balaban J connectivity index is 1.54. The van der Waals surface area contributed by atoms with E-state index in [0.29, 0.717) is 18.6 Å². The van der Waals surface area contributed by atoms with E-state index in [1.165, 1.54) is 17.7 Å². The van der Waals surface area contributed by atoms with Crippen molar-refractivity contribution >= 4 is 6.09 Å². The van der Waals surface area contributed by atoms with Crippen molar-refractivity contribution < 1.29 is 9.53 Å². The first-order valence-electron chi connectivity index (χ1n) is 9.11. The SMILES string of the molecule is CC(C)(C)OC(=O)N(CCNC1CCCc2cccnc21)C1CC1. The van der Waals surface area contributed by atoms with Gasteiger partial charge in [0, 0.05) is 31.4 Å². The minimum absolute atomic E-state index is 0.186. The van der Waals surface area contributed by atoms with Crippen LogP contribution in [0.1, 0.15) is 63.8 Å². The first kappa shape index (κ1) is 17.2. The van der Waals surface area contributed by atoms with Gasteiger partial charge in [0.05, 0.1) is 5.69 Å². The normalized spacial score (nSPS) is 20.4. The Morgan fingerprint density at radius 1 is 1.38 bits per heavy atom. The zero-order valence-electron chi connectivity index (χ0n) is 15.0. The number of hydrogen-bond donors (Lipinski definition) is 1. The summed E-state index contributed by atoms with van der Waals surface area (Å²) in [4.78, 5) is 18.8. The third-order valence-corrected chi connectivity index (χ3v) is 4.55. The number of carbonyl (C=O) groups excluding carboxylic acids is 1. The van der Waals surface area contributed by atoms with Crippen molar-refractivity contribution in [3.05, 3.63) is 29.6 Å². The first-order valence-corrected chi connectivity index (χ1v) is 9.11. The number of nitrogens with one attached hydrogen (secondary N) is 1. The van der Waals surface area contributed by atoms with E-state index in [1.807, 2.05) is 37.9 Å². The third kappa shape index (κ3) is 4.47. The number of nitrogens with zero attached hydrogens (tertiary/aromatic N) is 2. The summed E-state index contributed by atoms with van der Waals surface area (Å²) in [5, 5.41) is 3.60. The minimum Gasteiger partial charge on any atom is -0.444 e. The molecule has 1 heterocycles. The number of ether oxygens (including phenoxy) is 1. The number of aryl methyl sites for hydroxylation is 1. The molecule has 0 radical (unpaired) electrons. The Labute approximate surface area is 144 Å². The second kappa shape index (κ2) is 7.09. The molecule has 24 heavy (non-hydrogen) atoms. The van der Waals surface area contributed by atoms with E-state index in [1.54, 1.807) is 0 Å². The Bertz CT molecular complexity index is 578. The molecule has 5 nitrogen and oxygen atoms in total. The average molecular weight is 331 g/mol. The second-order valence-electron chi connectivity index (χ2n) is 7.85. The fourth-order valence-corrected chi connectivity index (χ4v) is 3.30. The highest BCUT2D eigenvalue weighted by atomic mass is 16.6. The highest BCUT2D eigenvalue weighted by Crippen LogP contribution is 2.29. The van der Waals surface area contributed by atoms with Gasteiger partial charge in [-0.15, -0.1) is 0 Å². The van der Waals surface area contributed by atoms with Gasteiger partial charge in [-0.2, -0.15) is 0 Å². The topological polar surface area (TPSA) is 54.5 Å². The lowest BCUT2D eigenvalue weighted by Gasteiger charge is -2.29. The Morgan fingerprint density at radius 3 is 2.88 bits per heavy atom. The monoisotopic (exact) mass is 331 g/mol. The molecule has 1 aromatic heterocycles. The Hall–Kier alpha value is -1.62. The molecule has 0 spiro atoms. The minimum atomic E-state index is -0.441. The van der Waals surface area contributed by atoms with Crippen LogP contribution in [0.15, 0.2) is 18.3 Å². The lowest BCUT2D eigenvalue weighted by Crippen LogP contribution is -2.42. The lowest BCUT2D eigenvalue weighted by molar-refractivity contribution is 0.0234. The highest BCUT2D eigenvalue weighted by Gasteiger charge is 2.35. The van der Waals surface area contributed by atoms with Gasteiger partial charge in [-0.25, -0.2) is 4.79 Å². The van der Waals surface area contributed by atoms with Gasteiger partial charge in [0.1, 0.15) is 5.60 Å². The van der Waals surface area contributed by atoms with Gasteiger partial charge in [-0.3, -0.25) is 4.98 Å². The maximum absolute atomic E-state index is 12.4. The van der Waals surface area contributed by atoms with E-state index in [9.17, 15) is 4.79 Å². The van der Waals surface area contributed by atoms with E-state index in [4.69, 9.17) is 4.74 Å². The van der Waals surface area contributed by atoms with E-state index >= 15 is 0 Å². The van der Waals surface area contributed by atoms with Crippen molar-refractivity contribution in [3.63, 3.8) is 0 Å². The fourth-order valence-electron chi connectivity index (χ4n) is 3.30. The number of rotatable bonds is 5. The van der Waals surface area contributed by atoms with E-state index in [2.05, 4.69) is 16.4 Å². The summed E-state index contributed by atoms with van der Waals surface area (Å²) in [5.41, 5.74) is 2.09. The van der Waals surface area contributed by atoms with Crippen molar-refractivity contribution in [2.45, 2.75) is 70.6 Å². The van der Waals surface area contributed by atoms with Crippen LogP contribution in [0.4, 0.5) is 4.79 Å². The molecule has 1 N–H and O–H groups in total. The summed E-state index contributed by atoms with van der Waals surface area (Å²) in [7, 11) is 0. The molecule has 5 heteroatoms. The van der Waals surface area contributed by atoms with Crippen molar-refractivity contribution in [1.82, 2.24) is 15.2 Å². The standard InChI is InChI=1S/C19H29N3O2/c1-19(2,3)24-18(23)22(15-9-10-15)13-12-20-16-8-4-6-14-7-5-11-21-17(14)16/h5,7,11,15-16,20H,4,6,8-10,12-13H2,1-3H3. The summed E-state index contributed by atoms with van der Waals surface area (Å²) in [6, 6.07) is 4.85. The van der Waals surface area contributed by atoms with Gasteiger partial charge in [0.15, 0.2) is 0 Å². The zero-order chi connectivity index (χ0) is 17.2. The number of aromatic nitrogens is 1. The largest absolute Gasteiger partial charge is 0.444 e. The molecule has 0 aliphatic heterocycles. The van der Waals surface area contributed by atoms with Crippen LogP contribution >= 0.6 is 0 Å². The van der Waals surface area contributed by atoms with Crippen molar-refractivity contribution in [3.8, 4) is 0 Å².